The molecule has 0 unspecified atom stereocenters. The molecule has 1 aromatic heterocycles. The van der Waals surface area contributed by atoms with Crippen LogP contribution in [0.4, 0.5) is 5.69 Å². The molecular formula is C10H13N5O. The highest BCUT2D eigenvalue weighted by Gasteiger charge is 2.08. The van der Waals surface area contributed by atoms with Gasteiger partial charge in [-0.25, -0.2) is 4.68 Å². The molecular weight excluding hydrogens is 206 g/mol. The van der Waals surface area contributed by atoms with Crippen molar-refractivity contribution >= 4 is 5.69 Å². The fourth-order valence-corrected chi connectivity index (χ4v) is 1.48. The minimum atomic E-state index is 0.597. The van der Waals surface area contributed by atoms with Crippen LogP contribution in [0.15, 0.2) is 18.2 Å². The largest absolute Gasteiger partial charge is 0.494 e. The fourth-order valence-electron chi connectivity index (χ4n) is 1.48. The third-order valence-corrected chi connectivity index (χ3v) is 2.12. The van der Waals surface area contributed by atoms with E-state index in [2.05, 4.69) is 15.5 Å². The molecule has 0 aliphatic rings. The van der Waals surface area contributed by atoms with Crippen LogP contribution in [-0.2, 0) is 7.05 Å². The average molecular weight is 219 g/mol. The van der Waals surface area contributed by atoms with Crippen molar-refractivity contribution in [2.45, 2.75) is 6.92 Å². The van der Waals surface area contributed by atoms with E-state index in [0.717, 1.165) is 11.3 Å². The summed E-state index contributed by atoms with van der Waals surface area (Å²) in [4.78, 5) is 0. The summed E-state index contributed by atoms with van der Waals surface area (Å²) in [6.45, 7) is 2.52. The van der Waals surface area contributed by atoms with Crippen LogP contribution in [0.1, 0.15) is 6.92 Å². The van der Waals surface area contributed by atoms with E-state index >= 15 is 0 Å². The number of ether oxygens (including phenoxy) is 1. The zero-order chi connectivity index (χ0) is 11.5. The Morgan fingerprint density at radius 2 is 2.19 bits per heavy atom. The van der Waals surface area contributed by atoms with Crippen molar-refractivity contribution in [3.8, 4) is 17.1 Å². The number of rotatable bonds is 3. The predicted octanol–water partition coefficient (Wildman–Crippen LogP) is 0.858. The van der Waals surface area contributed by atoms with Gasteiger partial charge in [0.1, 0.15) is 5.75 Å². The fraction of sp³-hybridized carbons (Fsp3) is 0.300. The summed E-state index contributed by atoms with van der Waals surface area (Å²) < 4.78 is 7.00. The number of hydrogen-bond donors (Lipinski definition) is 1. The van der Waals surface area contributed by atoms with E-state index in [9.17, 15) is 0 Å². The van der Waals surface area contributed by atoms with Crippen molar-refractivity contribution in [2.24, 2.45) is 7.05 Å². The van der Waals surface area contributed by atoms with Crippen molar-refractivity contribution in [1.82, 2.24) is 20.2 Å². The molecule has 6 heteroatoms. The van der Waals surface area contributed by atoms with Crippen LogP contribution in [0.5, 0.6) is 5.75 Å². The van der Waals surface area contributed by atoms with Crippen LogP contribution in [0.3, 0.4) is 0 Å². The Labute approximate surface area is 93.0 Å². The first-order valence-electron chi connectivity index (χ1n) is 4.97. The second-order valence-corrected chi connectivity index (χ2v) is 3.35. The van der Waals surface area contributed by atoms with Gasteiger partial charge in [0.05, 0.1) is 6.61 Å². The lowest BCUT2D eigenvalue weighted by Gasteiger charge is -2.06. The van der Waals surface area contributed by atoms with E-state index in [0.29, 0.717) is 18.1 Å². The lowest BCUT2D eigenvalue weighted by atomic mass is 10.2. The zero-order valence-corrected chi connectivity index (χ0v) is 9.21. The van der Waals surface area contributed by atoms with Crippen LogP contribution in [0, 0.1) is 0 Å². The summed E-state index contributed by atoms with van der Waals surface area (Å²) in [6, 6.07) is 5.45. The van der Waals surface area contributed by atoms with Gasteiger partial charge < -0.3 is 10.5 Å². The van der Waals surface area contributed by atoms with Gasteiger partial charge in [0.25, 0.3) is 0 Å². The van der Waals surface area contributed by atoms with Crippen LogP contribution < -0.4 is 10.5 Å². The molecule has 0 fully saturated rings. The first-order chi connectivity index (χ1) is 7.70. The molecule has 0 radical (unpaired) electrons. The topological polar surface area (TPSA) is 78.8 Å². The summed E-state index contributed by atoms with van der Waals surface area (Å²) in [6.07, 6.45) is 0. The summed E-state index contributed by atoms with van der Waals surface area (Å²) in [7, 11) is 1.78. The highest BCUT2D eigenvalue weighted by atomic mass is 16.5. The summed E-state index contributed by atoms with van der Waals surface area (Å²) in [5, 5.41) is 11.3. The molecule has 1 heterocycles. The first-order valence-corrected chi connectivity index (χ1v) is 4.97. The maximum atomic E-state index is 5.79. The molecule has 6 nitrogen and oxygen atoms in total. The Hall–Kier alpha value is -2.11. The smallest absolute Gasteiger partial charge is 0.181 e. The molecule has 2 N–H and O–H groups in total. The van der Waals surface area contributed by atoms with E-state index in [1.54, 1.807) is 17.8 Å². The van der Waals surface area contributed by atoms with E-state index in [-0.39, 0.29) is 0 Å². The number of aromatic nitrogens is 4. The molecule has 0 saturated heterocycles. The molecule has 2 aromatic rings. The van der Waals surface area contributed by atoms with Crippen molar-refractivity contribution in [2.75, 3.05) is 12.3 Å². The number of hydrogen-bond acceptors (Lipinski definition) is 5. The van der Waals surface area contributed by atoms with Gasteiger partial charge >= 0.3 is 0 Å². The standard InChI is InChI=1S/C10H13N5O/c1-3-16-9-5-7(4-8(11)6-9)10-12-13-14-15(10)2/h4-6H,3,11H2,1-2H3. The Bertz CT molecular complexity index is 494. The first kappa shape index (κ1) is 10.4. The number of aryl methyl sites for hydroxylation is 1. The van der Waals surface area contributed by atoms with Gasteiger partial charge in [-0.15, -0.1) is 5.10 Å². The van der Waals surface area contributed by atoms with Crippen LogP contribution in [-0.4, -0.2) is 26.8 Å². The number of benzene rings is 1. The van der Waals surface area contributed by atoms with Gasteiger partial charge in [0.2, 0.25) is 0 Å². The van der Waals surface area contributed by atoms with E-state index in [1.807, 2.05) is 19.1 Å². The van der Waals surface area contributed by atoms with E-state index in [4.69, 9.17) is 10.5 Å². The highest BCUT2D eigenvalue weighted by molar-refractivity contribution is 5.64. The van der Waals surface area contributed by atoms with Crippen LogP contribution >= 0.6 is 0 Å². The van der Waals surface area contributed by atoms with Crippen molar-refractivity contribution in [3.05, 3.63) is 18.2 Å². The number of nitrogens with zero attached hydrogens (tertiary/aromatic N) is 4. The zero-order valence-electron chi connectivity index (χ0n) is 9.21. The Kier molecular flexibility index (Phi) is 2.72. The van der Waals surface area contributed by atoms with Gasteiger partial charge in [0, 0.05) is 24.4 Å². The molecule has 0 bridgehead atoms. The van der Waals surface area contributed by atoms with Crippen LogP contribution in [0.2, 0.25) is 0 Å². The van der Waals surface area contributed by atoms with Gasteiger partial charge in [-0.1, -0.05) is 0 Å². The SMILES string of the molecule is CCOc1cc(N)cc(-c2nnnn2C)c1. The van der Waals surface area contributed by atoms with Gasteiger partial charge in [-0.3, -0.25) is 0 Å². The highest BCUT2D eigenvalue weighted by Crippen LogP contribution is 2.25. The van der Waals surface area contributed by atoms with Crippen molar-refractivity contribution in [3.63, 3.8) is 0 Å². The minimum absolute atomic E-state index is 0.597. The second kappa shape index (κ2) is 4.18. The molecule has 0 amide bonds. The maximum absolute atomic E-state index is 5.79. The third kappa shape index (κ3) is 1.95. The lowest BCUT2D eigenvalue weighted by Crippen LogP contribution is -1.98. The predicted molar refractivity (Wildman–Crippen MR) is 59.8 cm³/mol. The summed E-state index contributed by atoms with van der Waals surface area (Å²) in [5.74, 6) is 1.38. The van der Waals surface area contributed by atoms with Gasteiger partial charge in [-0.05, 0) is 29.5 Å². The Balaban J connectivity index is 2.45. The molecule has 2 rings (SSSR count). The van der Waals surface area contributed by atoms with Crippen molar-refractivity contribution in [1.29, 1.82) is 0 Å². The molecule has 0 saturated carbocycles. The normalized spacial score (nSPS) is 10.4. The lowest BCUT2D eigenvalue weighted by molar-refractivity contribution is 0.340. The Morgan fingerprint density at radius 1 is 1.38 bits per heavy atom. The van der Waals surface area contributed by atoms with E-state index in [1.165, 1.54) is 0 Å². The minimum Gasteiger partial charge on any atom is -0.494 e. The molecule has 0 aliphatic carbocycles. The number of nitrogen functional groups attached to an aromatic ring is 1. The van der Waals surface area contributed by atoms with Crippen molar-refractivity contribution < 1.29 is 4.74 Å². The molecule has 16 heavy (non-hydrogen) atoms. The van der Waals surface area contributed by atoms with E-state index < -0.39 is 0 Å². The number of tetrazole rings is 1. The quantitative estimate of drug-likeness (QED) is 0.774. The van der Waals surface area contributed by atoms with Crippen LogP contribution in [0.25, 0.3) is 11.4 Å². The average Bonchev–Trinajstić information content (AvgIpc) is 2.64. The van der Waals surface area contributed by atoms with Gasteiger partial charge in [0.15, 0.2) is 5.82 Å². The second-order valence-electron chi connectivity index (χ2n) is 3.35. The monoisotopic (exact) mass is 219 g/mol. The summed E-state index contributed by atoms with van der Waals surface area (Å²) in [5.41, 5.74) is 7.26. The molecule has 84 valence electrons. The Morgan fingerprint density at radius 3 is 2.81 bits per heavy atom. The molecule has 0 aliphatic heterocycles. The molecule has 0 spiro atoms. The van der Waals surface area contributed by atoms with Gasteiger partial charge in [-0.2, -0.15) is 0 Å². The number of nitrogens with two attached hydrogens (primary N) is 1. The third-order valence-electron chi connectivity index (χ3n) is 2.12. The molecule has 1 aromatic carbocycles. The molecule has 0 atom stereocenters. The maximum Gasteiger partial charge on any atom is 0.181 e. The summed E-state index contributed by atoms with van der Waals surface area (Å²) >= 11 is 0. The number of anilines is 1.